The van der Waals surface area contributed by atoms with Crippen molar-refractivity contribution in [3.05, 3.63) is 100 Å². The maximum absolute atomic E-state index is 14.4. The van der Waals surface area contributed by atoms with Gasteiger partial charge >= 0.3 is 0 Å². The number of hydrazone groups is 1. The second-order valence-corrected chi connectivity index (χ2v) is 7.39. The van der Waals surface area contributed by atoms with Crippen LogP contribution in [0.1, 0.15) is 11.1 Å². The van der Waals surface area contributed by atoms with Crippen LogP contribution in [0.4, 0.5) is 33.3 Å². The molecule has 168 valence electrons. The minimum absolute atomic E-state index is 0.0289. The lowest BCUT2D eigenvalue weighted by atomic mass is 10.00. The lowest BCUT2D eigenvalue weighted by Gasteiger charge is -2.15. The molecule has 4 nitrogen and oxygen atoms in total. The Balaban J connectivity index is 1.88. The highest BCUT2D eigenvalue weighted by Gasteiger charge is 2.38. The predicted molar refractivity (Wildman–Crippen MR) is 115 cm³/mol. The van der Waals surface area contributed by atoms with Crippen LogP contribution in [0.2, 0.25) is 0 Å². The summed E-state index contributed by atoms with van der Waals surface area (Å²) in [4.78, 5) is 15.0. The summed E-state index contributed by atoms with van der Waals surface area (Å²) in [6, 6.07) is 15.3. The SMILES string of the molecule is CN(C)c1ccc(C=C2C(=O)N(c3c(F)c(F)c(F)c(F)c3F)N=C2c2ccccc2)cc1. The molecule has 3 aromatic rings. The van der Waals surface area contributed by atoms with Gasteiger partial charge in [-0.1, -0.05) is 42.5 Å². The van der Waals surface area contributed by atoms with Crippen molar-refractivity contribution in [1.82, 2.24) is 0 Å². The Labute approximate surface area is 185 Å². The summed E-state index contributed by atoms with van der Waals surface area (Å²) in [5, 5.41) is 4.16. The Morgan fingerprint density at radius 2 is 1.33 bits per heavy atom. The maximum atomic E-state index is 14.4. The predicted octanol–water partition coefficient (Wildman–Crippen LogP) is 5.28. The summed E-state index contributed by atoms with van der Waals surface area (Å²) in [6.07, 6.45) is 1.44. The first kappa shape index (κ1) is 22.2. The molecule has 0 unspecified atom stereocenters. The Morgan fingerprint density at radius 1 is 0.788 bits per heavy atom. The van der Waals surface area contributed by atoms with Crippen LogP contribution in [0.5, 0.6) is 0 Å². The average Bonchev–Trinajstić information content (AvgIpc) is 3.13. The van der Waals surface area contributed by atoms with E-state index in [0.29, 0.717) is 11.1 Å². The van der Waals surface area contributed by atoms with Crippen LogP contribution in [0.25, 0.3) is 6.08 Å². The fourth-order valence-corrected chi connectivity index (χ4v) is 3.32. The third-order valence-corrected chi connectivity index (χ3v) is 5.04. The van der Waals surface area contributed by atoms with E-state index in [1.807, 2.05) is 19.0 Å². The van der Waals surface area contributed by atoms with E-state index in [4.69, 9.17) is 0 Å². The Kier molecular flexibility index (Phi) is 5.71. The maximum Gasteiger partial charge on any atom is 0.281 e. The summed E-state index contributed by atoms with van der Waals surface area (Å²) < 4.78 is 69.9. The third-order valence-electron chi connectivity index (χ3n) is 5.04. The molecule has 0 saturated heterocycles. The highest BCUT2D eigenvalue weighted by Crippen LogP contribution is 2.35. The first-order valence-corrected chi connectivity index (χ1v) is 9.70. The molecule has 0 fully saturated rings. The minimum atomic E-state index is -2.32. The molecule has 0 aliphatic carbocycles. The zero-order chi connectivity index (χ0) is 23.9. The number of halogens is 5. The number of amides is 1. The van der Waals surface area contributed by atoms with Gasteiger partial charge in [0.15, 0.2) is 23.3 Å². The van der Waals surface area contributed by atoms with E-state index in [9.17, 15) is 26.7 Å². The molecular weight excluding hydrogens is 441 g/mol. The fraction of sp³-hybridized carbons (Fsp3) is 0.0833. The van der Waals surface area contributed by atoms with E-state index in [1.165, 1.54) is 6.08 Å². The number of anilines is 2. The van der Waals surface area contributed by atoms with Crippen LogP contribution in [0, 0.1) is 29.1 Å². The van der Waals surface area contributed by atoms with E-state index in [2.05, 4.69) is 5.10 Å². The summed E-state index contributed by atoms with van der Waals surface area (Å²) in [5.74, 6) is -12.0. The zero-order valence-electron chi connectivity index (χ0n) is 17.4. The highest BCUT2D eigenvalue weighted by atomic mass is 19.2. The molecular formula is C24H16F5N3O. The standard InChI is InChI=1S/C24H16F5N3O/c1-31(2)15-10-8-13(9-11-15)12-16-22(14-6-4-3-5-7-14)30-32(24(16)33)23-20(28)18(26)17(25)19(27)21(23)29/h3-12H,1-2H3. The van der Waals surface area contributed by atoms with Gasteiger partial charge in [-0.25, -0.2) is 22.0 Å². The number of rotatable bonds is 4. The van der Waals surface area contributed by atoms with Crippen LogP contribution in [0.3, 0.4) is 0 Å². The normalized spacial score (nSPS) is 14.8. The molecule has 0 spiro atoms. The first-order chi connectivity index (χ1) is 15.7. The molecule has 1 amide bonds. The molecule has 0 radical (unpaired) electrons. The van der Waals surface area contributed by atoms with Gasteiger partial charge in [0.2, 0.25) is 5.82 Å². The van der Waals surface area contributed by atoms with Crippen molar-refractivity contribution >= 4 is 29.1 Å². The van der Waals surface area contributed by atoms with Crippen molar-refractivity contribution < 1.29 is 26.7 Å². The summed E-state index contributed by atoms with van der Waals surface area (Å²) in [7, 11) is 3.71. The molecule has 3 aromatic carbocycles. The number of benzene rings is 3. The van der Waals surface area contributed by atoms with Gasteiger partial charge in [0.05, 0.1) is 5.57 Å². The van der Waals surface area contributed by atoms with Crippen molar-refractivity contribution in [3.63, 3.8) is 0 Å². The van der Waals surface area contributed by atoms with Gasteiger partial charge in [0.25, 0.3) is 5.91 Å². The number of hydrogen-bond donors (Lipinski definition) is 0. The van der Waals surface area contributed by atoms with Gasteiger partial charge in [-0.3, -0.25) is 4.79 Å². The molecule has 0 saturated carbocycles. The van der Waals surface area contributed by atoms with E-state index in [-0.39, 0.29) is 16.3 Å². The largest absolute Gasteiger partial charge is 0.378 e. The fourth-order valence-electron chi connectivity index (χ4n) is 3.32. The van der Waals surface area contributed by atoms with Gasteiger partial charge in [0, 0.05) is 25.3 Å². The lowest BCUT2D eigenvalue weighted by molar-refractivity contribution is -0.114. The lowest BCUT2D eigenvalue weighted by Crippen LogP contribution is -2.25. The van der Waals surface area contributed by atoms with E-state index < -0.39 is 40.7 Å². The van der Waals surface area contributed by atoms with Crippen molar-refractivity contribution in [2.45, 2.75) is 0 Å². The minimum Gasteiger partial charge on any atom is -0.378 e. The molecule has 0 atom stereocenters. The molecule has 0 bridgehead atoms. The van der Waals surface area contributed by atoms with Crippen LogP contribution in [-0.2, 0) is 4.79 Å². The average molecular weight is 457 g/mol. The molecule has 1 aliphatic rings. The van der Waals surface area contributed by atoms with Gasteiger partial charge in [0.1, 0.15) is 11.4 Å². The van der Waals surface area contributed by atoms with Crippen molar-refractivity contribution in [1.29, 1.82) is 0 Å². The molecule has 1 heterocycles. The van der Waals surface area contributed by atoms with Crippen LogP contribution in [0.15, 0.2) is 65.3 Å². The molecule has 0 N–H and O–H groups in total. The Hall–Kier alpha value is -4.01. The van der Waals surface area contributed by atoms with Gasteiger partial charge in [-0.2, -0.15) is 10.1 Å². The smallest absolute Gasteiger partial charge is 0.281 e. The number of hydrogen-bond acceptors (Lipinski definition) is 3. The van der Waals surface area contributed by atoms with Gasteiger partial charge < -0.3 is 4.90 Å². The van der Waals surface area contributed by atoms with Gasteiger partial charge in [-0.15, -0.1) is 0 Å². The second-order valence-electron chi connectivity index (χ2n) is 7.39. The topological polar surface area (TPSA) is 35.9 Å². The summed E-state index contributed by atoms with van der Waals surface area (Å²) in [5.41, 5.74) is 0.426. The number of nitrogens with zero attached hydrogens (tertiary/aromatic N) is 3. The van der Waals surface area contributed by atoms with Gasteiger partial charge in [-0.05, 0) is 23.8 Å². The van der Waals surface area contributed by atoms with Crippen molar-refractivity contribution in [2.75, 3.05) is 24.0 Å². The Morgan fingerprint density at radius 3 is 1.88 bits per heavy atom. The third kappa shape index (κ3) is 3.86. The monoisotopic (exact) mass is 457 g/mol. The van der Waals surface area contributed by atoms with E-state index >= 15 is 0 Å². The molecule has 0 aromatic heterocycles. The molecule has 9 heteroatoms. The van der Waals surface area contributed by atoms with Crippen LogP contribution in [-0.4, -0.2) is 25.7 Å². The first-order valence-electron chi connectivity index (χ1n) is 9.70. The highest BCUT2D eigenvalue weighted by molar-refractivity contribution is 6.37. The zero-order valence-corrected chi connectivity index (χ0v) is 17.4. The quantitative estimate of drug-likeness (QED) is 0.231. The molecule has 33 heavy (non-hydrogen) atoms. The summed E-state index contributed by atoms with van der Waals surface area (Å²) >= 11 is 0. The second kappa shape index (κ2) is 8.50. The van der Waals surface area contributed by atoms with E-state index in [1.54, 1.807) is 54.6 Å². The van der Waals surface area contributed by atoms with Crippen molar-refractivity contribution in [3.8, 4) is 0 Å². The van der Waals surface area contributed by atoms with Crippen LogP contribution < -0.4 is 9.91 Å². The summed E-state index contributed by atoms with van der Waals surface area (Å²) in [6.45, 7) is 0. The van der Waals surface area contributed by atoms with Crippen LogP contribution >= 0.6 is 0 Å². The van der Waals surface area contributed by atoms with Crippen molar-refractivity contribution in [2.24, 2.45) is 5.10 Å². The Bertz CT molecular complexity index is 1270. The van der Waals surface area contributed by atoms with E-state index in [0.717, 1.165) is 5.69 Å². The number of carbonyl (C=O) groups is 1. The molecule has 1 aliphatic heterocycles. The molecule has 4 rings (SSSR count). The number of carbonyl (C=O) groups excluding carboxylic acids is 1.